The minimum Gasteiger partial charge on any atom is -0.497 e. The van der Waals surface area contributed by atoms with E-state index in [1.807, 2.05) is 34.2 Å². The summed E-state index contributed by atoms with van der Waals surface area (Å²) >= 11 is 1.54. The van der Waals surface area contributed by atoms with Crippen LogP contribution in [0.2, 0.25) is 0 Å². The van der Waals surface area contributed by atoms with E-state index in [0.29, 0.717) is 5.75 Å². The summed E-state index contributed by atoms with van der Waals surface area (Å²) in [5.74, 6) is 0.636. The van der Waals surface area contributed by atoms with Gasteiger partial charge < -0.3 is 10.1 Å². The van der Waals surface area contributed by atoms with Crippen LogP contribution in [-0.2, 0) is 11.2 Å². The molecule has 4 aromatic rings. The molecule has 0 spiro atoms. The predicted molar refractivity (Wildman–Crippen MR) is 109 cm³/mol. The summed E-state index contributed by atoms with van der Waals surface area (Å²) in [4.78, 5) is 18.0. The smallest absolute Gasteiger partial charge is 0.230 e. The van der Waals surface area contributed by atoms with Gasteiger partial charge >= 0.3 is 0 Å². The number of imidazole rings is 1. The lowest BCUT2D eigenvalue weighted by atomic mass is 10.1. The van der Waals surface area contributed by atoms with E-state index in [2.05, 4.69) is 41.5 Å². The number of carbonyl (C=O) groups excluding carboxylic acids is 1. The van der Waals surface area contributed by atoms with E-state index in [9.17, 15) is 4.79 Å². The van der Waals surface area contributed by atoms with E-state index in [4.69, 9.17) is 4.74 Å². The van der Waals surface area contributed by atoms with E-state index in [1.165, 1.54) is 16.9 Å². The van der Waals surface area contributed by atoms with Gasteiger partial charge in [-0.3, -0.25) is 9.20 Å². The van der Waals surface area contributed by atoms with E-state index in [1.54, 1.807) is 13.2 Å². The van der Waals surface area contributed by atoms with Crippen molar-refractivity contribution in [2.24, 2.45) is 0 Å². The lowest BCUT2D eigenvalue weighted by Crippen LogP contribution is -2.15. The molecule has 0 radical (unpaired) electrons. The normalized spacial score (nSPS) is 10.9. The maximum atomic E-state index is 12.5. The van der Waals surface area contributed by atoms with Gasteiger partial charge in [0.15, 0.2) is 4.96 Å². The van der Waals surface area contributed by atoms with E-state index in [0.717, 1.165) is 27.6 Å². The molecule has 27 heavy (non-hydrogen) atoms. The third-order valence-corrected chi connectivity index (χ3v) is 5.21. The van der Waals surface area contributed by atoms with Crippen molar-refractivity contribution in [3.05, 3.63) is 71.4 Å². The number of rotatable bonds is 5. The Bertz CT molecular complexity index is 1100. The number of amides is 1. The Labute approximate surface area is 161 Å². The molecule has 0 fully saturated rings. The number of fused-ring (bicyclic) bond motifs is 1. The van der Waals surface area contributed by atoms with Crippen molar-refractivity contribution in [3.63, 3.8) is 0 Å². The lowest BCUT2D eigenvalue weighted by Gasteiger charge is -2.06. The van der Waals surface area contributed by atoms with Gasteiger partial charge in [0.25, 0.3) is 0 Å². The van der Waals surface area contributed by atoms with Crippen LogP contribution >= 0.6 is 11.3 Å². The highest BCUT2D eigenvalue weighted by molar-refractivity contribution is 7.15. The summed E-state index contributed by atoms with van der Waals surface area (Å²) in [6.07, 6.45) is 2.27. The second-order valence-electron chi connectivity index (χ2n) is 6.33. The molecule has 2 aromatic heterocycles. The standard InChI is InChI=1S/C21H19N3O2S/c1-14-6-8-15(9-7-14)19-12-24-17(13-27-21(24)23-19)11-20(25)22-16-4-3-5-18(10-16)26-2/h3-10,12-13H,11H2,1-2H3,(H,22,25). The van der Waals surface area contributed by atoms with Crippen molar-refractivity contribution >= 4 is 27.9 Å². The first-order valence-corrected chi connectivity index (χ1v) is 9.47. The quantitative estimate of drug-likeness (QED) is 0.555. The van der Waals surface area contributed by atoms with Gasteiger partial charge in [-0.15, -0.1) is 11.3 Å². The van der Waals surface area contributed by atoms with Crippen LogP contribution in [0.5, 0.6) is 5.75 Å². The Morgan fingerprint density at radius 1 is 1.22 bits per heavy atom. The summed E-state index contributed by atoms with van der Waals surface area (Å²) in [5.41, 5.74) is 4.84. The zero-order valence-corrected chi connectivity index (χ0v) is 15.9. The Morgan fingerprint density at radius 3 is 2.81 bits per heavy atom. The maximum absolute atomic E-state index is 12.5. The van der Waals surface area contributed by atoms with Crippen molar-refractivity contribution in [2.45, 2.75) is 13.3 Å². The monoisotopic (exact) mass is 377 g/mol. The number of ether oxygens (including phenoxy) is 1. The van der Waals surface area contributed by atoms with Gasteiger partial charge in [-0.2, -0.15) is 0 Å². The molecule has 0 atom stereocenters. The first-order chi connectivity index (χ1) is 13.1. The van der Waals surface area contributed by atoms with Gasteiger partial charge in [-0.1, -0.05) is 35.9 Å². The molecular formula is C21H19N3O2S. The van der Waals surface area contributed by atoms with Crippen LogP contribution in [0, 0.1) is 6.92 Å². The molecule has 0 saturated carbocycles. The molecule has 0 saturated heterocycles. The second kappa shape index (κ2) is 7.25. The zero-order valence-electron chi connectivity index (χ0n) is 15.1. The molecule has 1 N–H and O–H groups in total. The van der Waals surface area contributed by atoms with Crippen LogP contribution < -0.4 is 10.1 Å². The fraction of sp³-hybridized carbons (Fsp3) is 0.143. The number of methoxy groups -OCH3 is 1. The van der Waals surface area contributed by atoms with E-state index in [-0.39, 0.29) is 12.3 Å². The Balaban J connectivity index is 1.53. The molecule has 0 aliphatic heterocycles. The number of benzene rings is 2. The molecule has 4 rings (SSSR count). The molecule has 136 valence electrons. The fourth-order valence-electron chi connectivity index (χ4n) is 2.89. The number of aromatic nitrogens is 2. The third kappa shape index (κ3) is 3.71. The summed E-state index contributed by atoms with van der Waals surface area (Å²) in [7, 11) is 1.60. The van der Waals surface area contributed by atoms with Crippen LogP contribution in [0.25, 0.3) is 16.2 Å². The van der Waals surface area contributed by atoms with Crippen LogP contribution in [-0.4, -0.2) is 22.4 Å². The Hall–Kier alpha value is -3.12. The fourth-order valence-corrected chi connectivity index (χ4v) is 3.76. The number of aryl methyl sites for hydroxylation is 1. The molecule has 2 aromatic carbocycles. The Kier molecular flexibility index (Phi) is 4.64. The van der Waals surface area contributed by atoms with Crippen molar-refractivity contribution in [1.29, 1.82) is 0 Å². The van der Waals surface area contributed by atoms with Crippen molar-refractivity contribution in [2.75, 3.05) is 12.4 Å². The number of nitrogens with one attached hydrogen (secondary N) is 1. The first kappa shape index (κ1) is 17.3. The van der Waals surface area contributed by atoms with Crippen LogP contribution in [0.15, 0.2) is 60.1 Å². The molecule has 1 amide bonds. The molecular weight excluding hydrogens is 358 g/mol. The van der Waals surface area contributed by atoms with Crippen molar-refractivity contribution < 1.29 is 9.53 Å². The highest BCUT2D eigenvalue weighted by Crippen LogP contribution is 2.24. The lowest BCUT2D eigenvalue weighted by molar-refractivity contribution is -0.115. The van der Waals surface area contributed by atoms with Gasteiger partial charge in [-0.05, 0) is 19.1 Å². The SMILES string of the molecule is COc1cccc(NC(=O)Cc2csc3nc(-c4ccc(C)cc4)cn23)c1. The van der Waals surface area contributed by atoms with Gasteiger partial charge in [0.2, 0.25) is 5.91 Å². The highest BCUT2D eigenvalue weighted by atomic mass is 32.1. The van der Waals surface area contributed by atoms with Crippen LogP contribution in [0.3, 0.4) is 0 Å². The molecule has 0 aliphatic rings. The number of hydrogen-bond donors (Lipinski definition) is 1. The van der Waals surface area contributed by atoms with Gasteiger partial charge in [-0.25, -0.2) is 4.98 Å². The summed E-state index contributed by atoms with van der Waals surface area (Å²) in [5, 5.41) is 4.89. The van der Waals surface area contributed by atoms with E-state index >= 15 is 0 Å². The van der Waals surface area contributed by atoms with Gasteiger partial charge in [0.05, 0.1) is 19.2 Å². The largest absolute Gasteiger partial charge is 0.497 e. The van der Waals surface area contributed by atoms with Gasteiger partial charge in [0.1, 0.15) is 5.75 Å². The minimum absolute atomic E-state index is 0.0754. The van der Waals surface area contributed by atoms with Crippen LogP contribution in [0.4, 0.5) is 5.69 Å². The van der Waals surface area contributed by atoms with Crippen LogP contribution in [0.1, 0.15) is 11.3 Å². The number of anilines is 1. The average molecular weight is 377 g/mol. The molecule has 0 aliphatic carbocycles. The predicted octanol–water partition coefficient (Wildman–Crippen LogP) is 4.56. The number of hydrogen-bond acceptors (Lipinski definition) is 4. The van der Waals surface area contributed by atoms with Gasteiger partial charge in [0, 0.05) is 34.6 Å². The number of nitrogens with zero attached hydrogens (tertiary/aromatic N) is 2. The molecule has 0 unspecified atom stereocenters. The van der Waals surface area contributed by atoms with Crippen molar-refractivity contribution in [3.8, 4) is 17.0 Å². The minimum atomic E-state index is -0.0754. The summed E-state index contributed by atoms with van der Waals surface area (Å²) in [6.45, 7) is 2.06. The second-order valence-corrected chi connectivity index (χ2v) is 7.17. The zero-order chi connectivity index (χ0) is 18.8. The maximum Gasteiger partial charge on any atom is 0.230 e. The van der Waals surface area contributed by atoms with Crippen molar-refractivity contribution in [1.82, 2.24) is 9.38 Å². The third-order valence-electron chi connectivity index (χ3n) is 4.33. The topological polar surface area (TPSA) is 55.6 Å². The highest BCUT2D eigenvalue weighted by Gasteiger charge is 2.13. The molecule has 5 nitrogen and oxygen atoms in total. The number of thiazole rings is 1. The average Bonchev–Trinajstić information content (AvgIpc) is 3.24. The molecule has 6 heteroatoms. The first-order valence-electron chi connectivity index (χ1n) is 8.59. The molecule has 2 heterocycles. The number of carbonyl (C=O) groups is 1. The molecule has 0 bridgehead atoms. The summed E-state index contributed by atoms with van der Waals surface area (Å²) < 4.78 is 7.18. The summed E-state index contributed by atoms with van der Waals surface area (Å²) in [6, 6.07) is 15.6. The Morgan fingerprint density at radius 2 is 2.04 bits per heavy atom. The van der Waals surface area contributed by atoms with E-state index < -0.39 is 0 Å².